The van der Waals surface area contributed by atoms with Crippen molar-refractivity contribution in [3.63, 3.8) is 0 Å². The van der Waals surface area contributed by atoms with Gasteiger partial charge in [0.15, 0.2) is 0 Å². The molecule has 1 fully saturated rings. The van der Waals surface area contributed by atoms with Crippen LogP contribution in [0.4, 0.5) is 4.39 Å². The van der Waals surface area contributed by atoms with Gasteiger partial charge in [-0.2, -0.15) is 0 Å². The van der Waals surface area contributed by atoms with E-state index in [0.29, 0.717) is 25.2 Å². The maximum atomic E-state index is 13.4. The summed E-state index contributed by atoms with van der Waals surface area (Å²) in [6, 6.07) is 20.0. The minimum absolute atomic E-state index is 0.0575. The van der Waals surface area contributed by atoms with Crippen molar-refractivity contribution in [2.45, 2.75) is 18.9 Å². The largest absolute Gasteiger partial charge is 0.338 e. The van der Waals surface area contributed by atoms with E-state index in [4.69, 9.17) is 0 Å². The van der Waals surface area contributed by atoms with E-state index in [1.807, 2.05) is 27.7 Å². The third kappa shape index (κ3) is 3.17. The number of carbonyl (C=O) groups excluding carboxylic acids is 1. The van der Waals surface area contributed by atoms with Crippen molar-refractivity contribution in [2.75, 3.05) is 13.1 Å². The highest BCUT2D eigenvalue weighted by Crippen LogP contribution is 2.37. The first-order valence-electron chi connectivity index (χ1n) is 10.8. The molecule has 0 N–H and O–H groups in total. The Hall–Kier alpha value is -3.25. The number of likely N-dealkylation sites (tertiary alicyclic amines) is 1. The number of fused-ring (bicyclic) bond motifs is 5. The molecule has 0 spiro atoms. The molecule has 4 aromatic rings. The molecule has 1 amide bonds. The fourth-order valence-corrected chi connectivity index (χ4v) is 6.27. The highest BCUT2D eigenvalue weighted by molar-refractivity contribution is 7.22. The molecule has 2 aromatic carbocycles. The predicted octanol–water partition coefficient (Wildman–Crippen LogP) is 5.13. The average Bonchev–Trinajstić information content (AvgIpc) is 3.24. The van der Waals surface area contributed by atoms with Crippen LogP contribution in [0.15, 0.2) is 71.5 Å². The number of halogens is 1. The Morgan fingerprint density at radius 1 is 0.969 bits per heavy atom. The molecular weight excluding hydrogens is 423 g/mol. The Bertz CT molecular complexity index is 1370. The van der Waals surface area contributed by atoms with Gasteiger partial charge in [-0.25, -0.2) is 4.39 Å². The SMILES string of the molecule is O=C(c1ccc(F)cc1)N1C[C@H]2C[C@H](C1)c1ccc(-c3cc4ccccc4s3)c(=O)n1C2. The van der Waals surface area contributed by atoms with E-state index in [-0.39, 0.29) is 29.1 Å². The lowest BCUT2D eigenvalue weighted by molar-refractivity contribution is 0.0594. The smallest absolute Gasteiger partial charge is 0.259 e. The summed E-state index contributed by atoms with van der Waals surface area (Å²) in [6.45, 7) is 1.82. The summed E-state index contributed by atoms with van der Waals surface area (Å²) in [6.07, 6.45) is 0.981. The fourth-order valence-electron chi connectivity index (χ4n) is 5.19. The normalized spacial score (nSPS) is 19.7. The summed E-state index contributed by atoms with van der Waals surface area (Å²) in [5.41, 5.74) is 2.31. The van der Waals surface area contributed by atoms with Crippen LogP contribution >= 0.6 is 11.3 Å². The molecule has 32 heavy (non-hydrogen) atoms. The lowest BCUT2D eigenvalue weighted by Crippen LogP contribution is -2.49. The van der Waals surface area contributed by atoms with E-state index in [9.17, 15) is 14.0 Å². The van der Waals surface area contributed by atoms with E-state index >= 15 is 0 Å². The number of piperidine rings is 1. The van der Waals surface area contributed by atoms with Gasteiger partial charge in [-0.15, -0.1) is 11.3 Å². The van der Waals surface area contributed by atoms with Crippen molar-refractivity contribution in [2.24, 2.45) is 5.92 Å². The number of carbonyl (C=O) groups is 1. The number of benzene rings is 2. The van der Waals surface area contributed by atoms with Gasteiger partial charge in [0.2, 0.25) is 0 Å². The Labute approximate surface area is 188 Å². The van der Waals surface area contributed by atoms with E-state index in [0.717, 1.165) is 27.9 Å². The number of hydrogen-bond acceptors (Lipinski definition) is 3. The summed E-state index contributed by atoms with van der Waals surface area (Å²) >= 11 is 1.65. The molecule has 6 rings (SSSR count). The highest BCUT2D eigenvalue weighted by atomic mass is 32.1. The molecule has 0 unspecified atom stereocenters. The lowest BCUT2D eigenvalue weighted by atomic mass is 9.82. The van der Waals surface area contributed by atoms with Crippen molar-refractivity contribution in [3.05, 3.63) is 94.2 Å². The summed E-state index contributed by atoms with van der Waals surface area (Å²) in [5, 5.41) is 1.15. The van der Waals surface area contributed by atoms with Gasteiger partial charge < -0.3 is 9.47 Å². The monoisotopic (exact) mass is 444 g/mol. The quantitative estimate of drug-likeness (QED) is 0.430. The average molecular weight is 445 g/mol. The molecule has 2 aromatic heterocycles. The van der Waals surface area contributed by atoms with Crippen LogP contribution in [0.5, 0.6) is 0 Å². The van der Waals surface area contributed by atoms with Crippen molar-refractivity contribution >= 4 is 27.3 Å². The first kappa shape index (κ1) is 19.4. The van der Waals surface area contributed by atoms with Gasteiger partial charge in [-0.05, 0) is 66.3 Å². The zero-order valence-corrected chi connectivity index (χ0v) is 18.1. The van der Waals surface area contributed by atoms with Gasteiger partial charge in [-0.1, -0.05) is 18.2 Å². The van der Waals surface area contributed by atoms with E-state index < -0.39 is 0 Å². The van der Waals surface area contributed by atoms with Gasteiger partial charge in [-0.3, -0.25) is 9.59 Å². The Balaban J connectivity index is 1.32. The summed E-state index contributed by atoms with van der Waals surface area (Å²) in [7, 11) is 0. The Morgan fingerprint density at radius 2 is 1.78 bits per heavy atom. The molecule has 4 heterocycles. The predicted molar refractivity (Wildman–Crippen MR) is 125 cm³/mol. The zero-order valence-electron chi connectivity index (χ0n) is 17.3. The van der Waals surface area contributed by atoms with Crippen molar-refractivity contribution < 1.29 is 9.18 Å². The number of aromatic nitrogens is 1. The number of pyridine rings is 1. The van der Waals surface area contributed by atoms with Crippen LogP contribution in [0.1, 0.15) is 28.4 Å². The number of amides is 1. The molecule has 6 heteroatoms. The van der Waals surface area contributed by atoms with Gasteiger partial charge in [0.1, 0.15) is 5.82 Å². The van der Waals surface area contributed by atoms with E-state index in [2.05, 4.69) is 24.3 Å². The summed E-state index contributed by atoms with van der Waals surface area (Å²) in [5.74, 6) is -0.0470. The van der Waals surface area contributed by atoms with Crippen LogP contribution in [0.2, 0.25) is 0 Å². The Kier molecular flexibility index (Phi) is 4.50. The van der Waals surface area contributed by atoms with E-state index in [1.54, 1.807) is 11.3 Å². The van der Waals surface area contributed by atoms with Gasteiger partial charge in [0, 0.05) is 46.4 Å². The second-order valence-corrected chi connectivity index (χ2v) is 9.84. The van der Waals surface area contributed by atoms with Crippen LogP contribution in [0, 0.1) is 11.7 Å². The lowest BCUT2D eigenvalue weighted by Gasteiger charge is -2.43. The number of nitrogens with zero attached hydrogens (tertiary/aromatic N) is 2. The molecular formula is C26H21FN2O2S. The van der Waals surface area contributed by atoms with Crippen LogP contribution in [0.25, 0.3) is 20.5 Å². The molecule has 0 radical (unpaired) electrons. The van der Waals surface area contributed by atoms with Crippen molar-refractivity contribution in [3.8, 4) is 10.4 Å². The van der Waals surface area contributed by atoms with Crippen LogP contribution in [0.3, 0.4) is 0 Å². The topological polar surface area (TPSA) is 42.3 Å². The second-order valence-electron chi connectivity index (χ2n) is 8.75. The molecule has 0 aliphatic carbocycles. The maximum Gasteiger partial charge on any atom is 0.259 e. The number of thiophene rings is 1. The number of hydrogen-bond donors (Lipinski definition) is 0. The molecule has 160 valence electrons. The van der Waals surface area contributed by atoms with Crippen LogP contribution in [-0.4, -0.2) is 28.5 Å². The Morgan fingerprint density at radius 3 is 2.59 bits per heavy atom. The van der Waals surface area contributed by atoms with Crippen LogP contribution in [-0.2, 0) is 6.54 Å². The fraction of sp³-hybridized carbons (Fsp3) is 0.231. The van der Waals surface area contributed by atoms with E-state index in [1.165, 1.54) is 29.0 Å². The first-order valence-corrected chi connectivity index (χ1v) is 11.7. The minimum Gasteiger partial charge on any atom is -0.338 e. The van der Waals surface area contributed by atoms with Crippen molar-refractivity contribution in [1.82, 2.24) is 9.47 Å². The van der Waals surface area contributed by atoms with Crippen LogP contribution < -0.4 is 5.56 Å². The molecule has 4 nitrogen and oxygen atoms in total. The molecule has 2 atom stereocenters. The minimum atomic E-state index is -0.347. The highest BCUT2D eigenvalue weighted by Gasteiger charge is 2.37. The van der Waals surface area contributed by atoms with Gasteiger partial charge in [0.25, 0.3) is 11.5 Å². The summed E-state index contributed by atoms with van der Waals surface area (Å²) < 4.78 is 16.3. The first-order chi connectivity index (χ1) is 15.6. The maximum absolute atomic E-state index is 13.4. The summed E-state index contributed by atoms with van der Waals surface area (Å²) in [4.78, 5) is 29.3. The molecule has 2 aliphatic heterocycles. The number of rotatable bonds is 2. The third-order valence-corrected chi connectivity index (χ3v) is 7.82. The molecule has 0 saturated carbocycles. The second kappa shape index (κ2) is 7.41. The molecule has 2 bridgehead atoms. The molecule has 2 aliphatic rings. The molecule has 1 saturated heterocycles. The standard InChI is InChI=1S/C26H21FN2O2S/c27-20-7-5-17(6-8-20)25(30)28-13-16-11-19(15-28)22-10-9-21(26(31)29(22)14-16)24-12-18-3-1-2-4-23(18)32-24/h1-10,12,16,19H,11,13-15H2/t16-,19-/m1/s1. The van der Waals surface area contributed by atoms with Gasteiger partial charge in [0.05, 0.1) is 5.56 Å². The zero-order chi connectivity index (χ0) is 21.8. The van der Waals surface area contributed by atoms with Crippen molar-refractivity contribution in [1.29, 1.82) is 0 Å². The third-order valence-electron chi connectivity index (χ3n) is 6.67. The van der Waals surface area contributed by atoms with Gasteiger partial charge >= 0.3 is 0 Å².